The van der Waals surface area contributed by atoms with Crippen LogP contribution in [-0.4, -0.2) is 22.1 Å². The largest absolute Gasteiger partial charge is 0.478 e. The Labute approximate surface area is 133 Å². The lowest BCUT2D eigenvalue weighted by atomic mass is 10.2. The van der Waals surface area contributed by atoms with Gasteiger partial charge < -0.3 is 15.7 Å². The Hall–Kier alpha value is -1.93. The molecular weight excluding hydrogens is 358 g/mol. The van der Waals surface area contributed by atoms with E-state index in [1.807, 2.05) is 6.92 Å². The van der Waals surface area contributed by atoms with Crippen LogP contribution in [0.25, 0.3) is 0 Å². The molecule has 0 fully saturated rings. The molecule has 0 unspecified atom stereocenters. The van der Waals surface area contributed by atoms with Gasteiger partial charge in [-0.05, 0) is 41.1 Å². The highest BCUT2D eigenvalue weighted by Crippen LogP contribution is 2.21. The highest BCUT2D eigenvalue weighted by molar-refractivity contribution is 9.10. The number of aromatic nitrogens is 1. The molecule has 1 aromatic carbocycles. The van der Waals surface area contributed by atoms with Crippen molar-refractivity contribution in [2.45, 2.75) is 13.5 Å². The van der Waals surface area contributed by atoms with E-state index < -0.39 is 12.0 Å². The molecule has 0 saturated heterocycles. The summed E-state index contributed by atoms with van der Waals surface area (Å²) in [7, 11) is 0. The van der Waals surface area contributed by atoms with Crippen molar-refractivity contribution >= 4 is 45.0 Å². The Balaban J connectivity index is 1.96. The number of nitrogens with one attached hydrogen (secondary N) is 2. The Morgan fingerprint density at radius 2 is 2.19 bits per heavy atom. The van der Waals surface area contributed by atoms with Crippen LogP contribution in [0.5, 0.6) is 0 Å². The molecule has 0 radical (unpaired) electrons. The molecule has 0 spiro atoms. The Morgan fingerprint density at radius 3 is 2.81 bits per heavy atom. The van der Waals surface area contributed by atoms with Gasteiger partial charge in [-0.3, -0.25) is 0 Å². The van der Waals surface area contributed by atoms with Crippen LogP contribution in [0.4, 0.5) is 10.5 Å². The molecule has 2 aromatic rings. The number of anilines is 1. The summed E-state index contributed by atoms with van der Waals surface area (Å²) < 4.78 is 0.459. The van der Waals surface area contributed by atoms with Gasteiger partial charge in [0.25, 0.3) is 0 Å². The molecule has 1 aromatic heterocycles. The molecule has 110 valence electrons. The second-order valence-electron chi connectivity index (χ2n) is 4.15. The van der Waals surface area contributed by atoms with Gasteiger partial charge in [-0.15, -0.1) is 11.3 Å². The smallest absolute Gasteiger partial charge is 0.336 e. The number of hydrogen-bond donors (Lipinski definition) is 3. The number of aromatic carboxylic acids is 1. The number of benzene rings is 1. The molecule has 0 aliphatic rings. The molecule has 1 heterocycles. The lowest BCUT2D eigenvalue weighted by Gasteiger charge is -2.08. The van der Waals surface area contributed by atoms with Crippen LogP contribution in [0.1, 0.15) is 20.2 Å². The number of rotatable bonds is 4. The zero-order chi connectivity index (χ0) is 15.4. The zero-order valence-corrected chi connectivity index (χ0v) is 13.4. The normalized spacial score (nSPS) is 10.2. The fourth-order valence-electron chi connectivity index (χ4n) is 1.60. The zero-order valence-electron chi connectivity index (χ0n) is 11.0. The van der Waals surface area contributed by atoms with Crippen LogP contribution >= 0.6 is 27.3 Å². The first-order chi connectivity index (χ1) is 9.95. The molecule has 2 rings (SSSR count). The van der Waals surface area contributed by atoms with Crippen LogP contribution in [0.3, 0.4) is 0 Å². The summed E-state index contributed by atoms with van der Waals surface area (Å²) in [5.41, 5.74) is 0.500. The van der Waals surface area contributed by atoms with E-state index in [1.54, 1.807) is 18.3 Å². The monoisotopic (exact) mass is 369 g/mol. The number of aryl methyl sites for hydroxylation is 1. The first-order valence-electron chi connectivity index (χ1n) is 5.94. The number of nitrogens with zero attached hydrogens (tertiary/aromatic N) is 1. The van der Waals surface area contributed by atoms with E-state index in [0.717, 1.165) is 9.88 Å². The molecular formula is C13H12BrN3O3S. The molecule has 0 bridgehead atoms. The van der Waals surface area contributed by atoms with Crippen LogP contribution in [-0.2, 0) is 6.54 Å². The number of carbonyl (C=O) groups excluding carboxylic acids is 1. The molecule has 8 heteroatoms. The lowest BCUT2D eigenvalue weighted by molar-refractivity contribution is 0.0696. The highest BCUT2D eigenvalue weighted by Gasteiger charge is 2.10. The Morgan fingerprint density at radius 1 is 1.43 bits per heavy atom. The van der Waals surface area contributed by atoms with Gasteiger partial charge in [0.05, 0.1) is 17.1 Å². The van der Waals surface area contributed by atoms with Crippen molar-refractivity contribution in [2.24, 2.45) is 0 Å². The van der Waals surface area contributed by atoms with Gasteiger partial charge in [0, 0.05) is 21.2 Å². The summed E-state index contributed by atoms with van der Waals surface area (Å²) in [6.45, 7) is 2.27. The summed E-state index contributed by atoms with van der Waals surface area (Å²) in [6, 6.07) is 4.18. The second-order valence-corrected chi connectivity index (χ2v) is 6.33. The Bertz CT molecular complexity index is 687. The van der Waals surface area contributed by atoms with Gasteiger partial charge in [-0.25, -0.2) is 14.6 Å². The van der Waals surface area contributed by atoms with Crippen LogP contribution in [0, 0.1) is 6.92 Å². The number of carbonyl (C=O) groups is 2. The fraction of sp³-hybridized carbons (Fsp3) is 0.154. The van der Waals surface area contributed by atoms with Crippen molar-refractivity contribution in [3.05, 3.63) is 44.3 Å². The minimum Gasteiger partial charge on any atom is -0.478 e. The van der Waals surface area contributed by atoms with Gasteiger partial charge in [0.2, 0.25) is 0 Å². The summed E-state index contributed by atoms with van der Waals surface area (Å²) >= 11 is 4.65. The van der Waals surface area contributed by atoms with Crippen LogP contribution in [0.2, 0.25) is 0 Å². The third-order valence-corrected chi connectivity index (χ3v) is 4.15. The number of thiazole rings is 1. The third-order valence-electron chi connectivity index (χ3n) is 2.55. The van der Waals surface area contributed by atoms with E-state index in [2.05, 4.69) is 31.5 Å². The SMILES string of the molecule is Cc1ncc(CNC(=O)Nc2ccc(Br)c(C(=O)O)c2)s1. The molecule has 21 heavy (non-hydrogen) atoms. The standard InChI is InChI=1S/C13H12BrN3O3S/c1-7-15-5-9(21-7)6-16-13(20)17-8-2-3-11(14)10(4-8)12(18)19/h2-5H,6H2,1H3,(H,18,19)(H2,16,17,20). The summed E-state index contributed by atoms with van der Waals surface area (Å²) in [5, 5.41) is 15.2. The average Bonchev–Trinajstić information content (AvgIpc) is 2.84. The van der Waals surface area contributed by atoms with E-state index in [0.29, 0.717) is 16.7 Å². The van der Waals surface area contributed by atoms with Crippen molar-refractivity contribution in [1.82, 2.24) is 10.3 Å². The van der Waals surface area contributed by atoms with Gasteiger partial charge >= 0.3 is 12.0 Å². The lowest BCUT2D eigenvalue weighted by Crippen LogP contribution is -2.27. The maximum absolute atomic E-state index is 11.8. The van der Waals surface area contributed by atoms with Gasteiger partial charge in [-0.1, -0.05) is 0 Å². The van der Waals surface area contributed by atoms with Crippen molar-refractivity contribution in [3.63, 3.8) is 0 Å². The fourth-order valence-corrected chi connectivity index (χ4v) is 2.75. The molecule has 0 saturated carbocycles. The van der Waals surface area contributed by atoms with E-state index in [4.69, 9.17) is 5.11 Å². The minimum atomic E-state index is -1.06. The Kier molecular flexibility index (Phi) is 4.92. The molecule has 2 amide bonds. The number of hydrogen-bond acceptors (Lipinski definition) is 4. The molecule has 0 aliphatic heterocycles. The molecule has 0 aliphatic carbocycles. The number of carboxylic acid groups (broad SMARTS) is 1. The van der Waals surface area contributed by atoms with Gasteiger partial charge in [-0.2, -0.15) is 0 Å². The van der Waals surface area contributed by atoms with E-state index in [-0.39, 0.29) is 5.56 Å². The summed E-state index contributed by atoms with van der Waals surface area (Å²) in [6.07, 6.45) is 1.71. The van der Waals surface area contributed by atoms with Crippen molar-refractivity contribution in [2.75, 3.05) is 5.32 Å². The van der Waals surface area contributed by atoms with Gasteiger partial charge in [0.1, 0.15) is 0 Å². The molecule has 0 atom stereocenters. The second kappa shape index (κ2) is 6.68. The maximum atomic E-state index is 11.8. The minimum absolute atomic E-state index is 0.0888. The summed E-state index contributed by atoms with van der Waals surface area (Å²) in [4.78, 5) is 27.8. The molecule has 6 nitrogen and oxygen atoms in total. The predicted octanol–water partition coefficient (Wildman–Crippen LogP) is 3.23. The first kappa shape index (κ1) is 15.5. The van der Waals surface area contributed by atoms with Gasteiger partial charge in [0.15, 0.2) is 0 Å². The van der Waals surface area contributed by atoms with E-state index in [9.17, 15) is 9.59 Å². The van der Waals surface area contributed by atoms with Crippen molar-refractivity contribution in [3.8, 4) is 0 Å². The van der Waals surface area contributed by atoms with E-state index >= 15 is 0 Å². The predicted molar refractivity (Wildman–Crippen MR) is 83.8 cm³/mol. The van der Waals surface area contributed by atoms with Crippen LogP contribution in [0.15, 0.2) is 28.9 Å². The van der Waals surface area contributed by atoms with Crippen molar-refractivity contribution in [1.29, 1.82) is 0 Å². The van der Waals surface area contributed by atoms with Crippen LogP contribution < -0.4 is 10.6 Å². The average molecular weight is 370 g/mol. The quantitative estimate of drug-likeness (QED) is 0.771. The highest BCUT2D eigenvalue weighted by atomic mass is 79.9. The number of halogens is 1. The number of amides is 2. The number of urea groups is 1. The topological polar surface area (TPSA) is 91.3 Å². The molecule has 3 N–H and O–H groups in total. The third kappa shape index (κ3) is 4.27. The van der Waals surface area contributed by atoms with E-state index in [1.165, 1.54) is 17.4 Å². The maximum Gasteiger partial charge on any atom is 0.336 e. The summed E-state index contributed by atoms with van der Waals surface area (Å²) in [5.74, 6) is -1.06. The number of carboxylic acids is 1. The van der Waals surface area contributed by atoms with Crippen molar-refractivity contribution < 1.29 is 14.7 Å². The first-order valence-corrected chi connectivity index (χ1v) is 7.55.